The van der Waals surface area contributed by atoms with Crippen LogP contribution < -0.4 is 0 Å². The number of hydrogen-bond donors (Lipinski definition) is 0. The van der Waals surface area contributed by atoms with Crippen LogP contribution in [0.1, 0.15) is 4.88 Å². The molecule has 0 radical (unpaired) electrons. The maximum atomic E-state index is 11.5. The highest BCUT2D eigenvalue weighted by atomic mass is 32.1. The summed E-state index contributed by atoms with van der Waals surface area (Å²) >= 11 is 1.45. The number of rotatable bonds is 2. The van der Waals surface area contributed by atoms with Crippen LogP contribution in [0.15, 0.2) is 24.1 Å². The Hall–Kier alpha value is -1.60. The number of hydrogen-bond acceptors (Lipinski definition) is 6. The molecule has 2 rings (SSSR count). The fourth-order valence-corrected chi connectivity index (χ4v) is 2.26. The van der Waals surface area contributed by atoms with E-state index in [9.17, 15) is 9.59 Å². The zero-order valence-corrected chi connectivity index (χ0v) is 10.7. The van der Waals surface area contributed by atoms with Gasteiger partial charge in [-0.3, -0.25) is 14.5 Å². The predicted molar refractivity (Wildman–Crippen MR) is 68.8 cm³/mol. The average Bonchev–Trinajstić information content (AvgIpc) is 2.77. The Bertz CT molecular complexity index is 453. The second-order valence-electron chi connectivity index (χ2n) is 3.99. The fraction of sp³-hybridized carbons (Fsp3) is 0.273. The van der Waals surface area contributed by atoms with Crippen molar-refractivity contribution in [2.75, 3.05) is 20.1 Å². The summed E-state index contributed by atoms with van der Waals surface area (Å²) in [4.78, 5) is 25.5. The van der Waals surface area contributed by atoms with Crippen LogP contribution >= 0.6 is 11.3 Å². The molecule has 0 N–H and O–H groups in total. The summed E-state index contributed by atoms with van der Waals surface area (Å²) in [6.07, 6.45) is 0. The van der Waals surface area contributed by atoms with Gasteiger partial charge in [-0.25, -0.2) is 0 Å². The summed E-state index contributed by atoms with van der Waals surface area (Å²) in [5.74, 6) is -0.875. The Balaban J connectivity index is 2.13. The highest BCUT2D eigenvalue weighted by Gasteiger charge is 2.35. The quantitative estimate of drug-likeness (QED) is 0.741. The van der Waals surface area contributed by atoms with E-state index in [4.69, 9.17) is 9.31 Å². The van der Waals surface area contributed by atoms with Crippen LogP contribution in [-0.2, 0) is 18.9 Å². The molecule has 1 fully saturated rings. The molecule has 0 saturated carbocycles. The molecule has 18 heavy (non-hydrogen) atoms. The molecule has 1 aliphatic heterocycles. The smallest absolute Gasteiger partial charge is 0.494 e. The van der Waals surface area contributed by atoms with Crippen LogP contribution in [0.25, 0.3) is 5.47 Å². The molecule has 0 unspecified atom stereocenters. The van der Waals surface area contributed by atoms with Crippen molar-refractivity contribution < 1.29 is 18.9 Å². The van der Waals surface area contributed by atoms with Crippen molar-refractivity contribution in [1.29, 1.82) is 0 Å². The van der Waals surface area contributed by atoms with E-state index in [1.54, 1.807) is 7.05 Å². The van der Waals surface area contributed by atoms with Crippen molar-refractivity contribution in [3.63, 3.8) is 0 Å². The highest BCUT2D eigenvalue weighted by Crippen LogP contribution is 2.22. The molecule has 0 aromatic carbocycles. The first-order chi connectivity index (χ1) is 8.56. The molecule has 0 bridgehead atoms. The maximum Gasteiger partial charge on any atom is 0.637 e. The normalized spacial score (nSPS) is 17.7. The Morgan fingerprint density at radius 3 is 2.50 bits per heavy atom. The van der Waals surface area contributed by atoms with Gasteiger partial charge in [0.1, 0.15) is 0 Å². The number of carbonyl (C=O) groups is 2. The van der Waals surface area contributed by atoms with Crippen LogP contribution in [0.3, 0.4) is 0 Å². The molecule has 7 heteroatoms. The van der Waals surface area contributed by atoms with E-state index in [2.05, 4.69) is 6.58 Å². The first kappa shape index (κ1) is 12.9. The van der Waals surface area contributed by atoms with Gasteiger partial charge in [0.15, 0.2) is 0 Å². The van der Waals surface area contributed by atoms with Crippen molar-refractivity contribution in [1.82, 2.24) is 4.90 Å². The molecule has 1 aliphatic rings. The lowest BCUT2D eigenvalue weighted by molar-refractivity contribution is -0.145. The molecule has 2 heterocycles. The minimum atomic E-state index is -1.03. The highest BCUT2D eigenvalue weighted by molar-refractivity contribution is 7.12. The van der Waals surface area contributed by atoms with Crippen LogP contribution in [-0.4, -0.2) is 44.1 Å². The number of nitrogens with zero attached hydrogens (tertiary/aromatic N) is 1. The lowest BCUT2D eigenvalue weighted by atomic mass is 9.78. The van der Waals surface area contributed by atoms with Gasteiger partial charge in [0.25, 0.3) is 0 Å². The number of thiophene rings is 1. The Morgan fingerprint density at radius 2 is 2.00 bits per heavy atom. The molecule has 0 aliphatic carbocycles. The Labute approximate surface area is 109 Å². The number of likely N-dealkylation sites (N-methyl/N-ethyl adjacent to an activating group) is 1. The number of carbonyl (C=O) groups excluding carboxylic acids is 2. The van der Waals surface area contributed by atoms with Gasteiger partial charge in [0.2, 0.25) is 0 Å². The molecular weight excluding hydrogens is 253 g/mol. The van der Waals surface area contributed by atoms with Crippen molar-refractivity contribution in [3.8, 4) is 0 Å². The topological polar surface area (TPSA) is 55.8 Å². The summed E-state index contributed by atoms with van der Waals surface area (Å²) < 4.78 is 10.2. The molecule has 1 aromatic heterocycles. The van der Waals surface area contributed by atoms with E-state index in [1.165, 1.54) is 16.2 Å². The van der Waals surface area contributed by atoms with Gasteiger partial charge in [-0.05, 0) is 18.5 Å². The molecule has 0 spiro atoms. The van der Waals surface area contributed by atoms with Gasteiger partial charge in [-0.1, -0.05) is 12.6 Å². The maximum absolute atomic E-state index is 11.5. The first-order valence-corrected chi connectivity index (χ1v) is 6.24. The van der Waals surface area contributed by atoms with E-state index in [1.807, 2.05) is 17.5 Å². The predicted octanol–water partition coefficient (Wildman–Crippen LogP) is 0.820. The molecule has 1 saturated heterocycles. The van der Waals surface area contributed by atoms with Gasteiger partial charge in [0.05, 0.1) is 13.1 Å². The third-order valence-electron chi connectivity index (χ3n) is 2.40. The second kappa shape index (κ2) is 5.37. The largest absolute Gasteiger partial charge is 0.637 e. The van der Waals surface area contributed by atoms with Crippen LogP contribution in [0.2, 0.25) is 0 Å². The van der Waals surface area contributed by atoms with Crippen LogP contribution in [0.5, 0.6) is 0 Å². The van der Waals surface area contributed by atoms with Crippen LogP contribution in [0, 0.1) is 0 Å². The standard InChI is InChI=1S/C11H12BNO4S/c1-8(9-4-3-5-18-9)12-16-10(14)6-13(2)7-11(15)17-12/h3-5H,1,6-7H2,2H3. The molecular formula is C11H12BNO4S. The van der Waals surface area contributed by atoms with Gasteiger partial charge in [0, 0.05) is 10.3 Å². The van der Waals surface area contributed by atoms with Gasteiger partial charge >= 0.3 is 19.1 Å². The molecule has 5 nitrogen and oxygen atoms in total. The van der Waals surface area contributed by atoms with Crippen molar-refractivity contribution in [3.05, 3.63) is 29.0 Å². The van der Waals surface area contributed by atoms with Crippen molar-refractivity contribution in [2.45, 2.75) is 0 Å². The molecule has 94 valence electrons. The van der Waals surface area contributed by atoms with Gasteiger partial charge in [-0.15, -0.1) is 11.3 Å². The lowest BCUT2D eigenvalue weighted by Crippen LogP contribution is -2.42. The van der Waals surface area contributed by atoms with Gasteiger partial charge in [-0.2, -0.15) is 0 Å². The Morgan fingerprint density at radius 1 is 1.39 bits per heavy atom. The Kier molecular flexibility index (Phi) is 3.83. The summed E-state index contributed by atoms with van der Waals surface area (Å²) in [5.41, 5.74) is 0.483. The van der Waals surface area contributed by atoms with Crippen molar-refractivity contribution in [2.24, 2.45) is 0 Å². The fourth-order valence-electron chi connectivity index (χ4n) is 1.55. The van der Waals surface area contributed by atoms with E-state index in [0.29, 0.717) is 5.47 Å². The van der Waals surface area contributed by atoms with Crippen molar-refractivity contribution >= 4 is 35.9 Å². The third kappa shape index (κ3) is 2.99. The molecule has 1 aromatic rings. The minimum absolute atomic E-state index is 0.0588. The summed E-state index contributed by atoms with van der Waals surface area (Å²) in [5, 5.41) is 1.88. The van der Waals surface area contributed by atoms with E-state index in [-0.39, 0.29) is 13.1 Å². The lowest BCUT2D eigenvalue weighted by Gasteiger charge is -2.23. The molecule has 0 atom stereocenters. The third-order valence-corrected chi connectivity index (χ3v) is 3.34. The zero-order valence-electron chi connectivity index (χ0n) is 9.92. The van der Waals surface area contributed by atoms with E-state index >= 15 is 0 Å². The summed E-state index contributed by atoms with van der Waals surface area (Å²) in [7, 11) is 0.620. The van der Waals surface area contributed by atoms with E-state index in [0.717, 1.165) is 4.88 Å². The average molecular weight is 265 g/mol. The van der Waals surface area contributed by atoms with Crippen LogP contribution in [0.4, 0.5) is 0 Å². The zero-order chi connectivity index (χ0) is 13.1. The van der Waals surface area contributed by atoms with Gasteiger partial charge < -0.3 is 9.31 Å². The first-order valence-electron chi connectivity index (χ1n) is 5.36. The molecule has 0 amide bonds. The van der Waals surface area contributed by atoms with E-state index < -0.39 is 19.1 Å². The summed E-state index contributed by atoms with van der Waals surface area (Å²) in [6, 6.07) is 3.69. The minimum Gasteiger partial charge on any atom is -0.494 e. The SMILES string of the molecule is C=C(B1OC(=O)CN(C)CC(=O)O1)c1cccs1. The summed E-state index contributed by atoms with van der Waals surface area (Å²) in [6.45, 7) is 3.94. The monoisotopic (exact) mass is 265 g/mol. The second-order valence-corrected chi connectivity index (χ2v) is 4.93.